The first-order valence-corrected chi connectivity index (χ1v) is 6.82. The Morgan fingerprint density at radius 2 is 2.00 bits per heavy atom. The van der Waals surface area contributed by atoms with Gasteiger partial charge in [0.1, 0.15) is 0 Å². The number of carbonyl (C=O) groups excluding carboxylic acids is 1. The van der Waals surface area contributed by atoms with Gasteiger partial charge in [-0.05, 0) is 31.0 Å². The van der Waals surface area contributed by atoms with Crippen LogP contribution >= 0.6 is 15.9 Å². The van der Waals surface area contributed by atoms with Crippen molar-refractivity contribution in [1.82, 2.24) is 4.98 Å². The van der Waals surface area contributed by atoms with Gasteiger partial charge in [0.25, 0.3) is 0 Å². The molecule has 1 unspecified atom stereocenters. The molecule has 0 aliphatic rings. The van der Waals surface area contributed by atoms with E-state index in [0.29, 0.717) is 12.1 Å². The van der Waals surface area contributed by atoms with Crippen LogP contribution in [0.2, 0.25) is 0 Å². The molecule has 2 rings (SSSR count). The lowest BCUT2D eigenvalue weighted by molar-refractivity contribution is -0.119. The molecule has 4 heteroatoms. The molecule has 0 aliphatic carbocycles. The quantitative estimate of drug-likeness (QED) is 0.942. The van der Waals surface area contributed by atoms with Crippen LogP contribution in [0.25, 0.3) is 0 Å². The predicted octanol–water partition coefficient (Wildman–Crippen LogP) is 2.96. The highest BCUT2D eigenvalue weighted by molar-refractivity contribution is 9.10. The van der Waals surface area contributed by atoms with Crippen molar-refractivity contribution in [3.63, 3.8) is 0 Å². The van der Waals surface area contributed by atoms with Gasteiger partial charge in [-0.1, -0.05) is 45.8 Å². The van der Waals surface area contributed by atoms with E-state index in [1.54, 1.807) is 6.20 Å². The summed E-state index contributed by atoms with van der Waals surface area (Å²) in [6.07, 6.45) is 2.24. The Hall–Kier alpha value is -1.68. The Labute approximate surface area is 121 Å². The van der Waals surface area contributed by atoms with E-state index in [9.17, 15) is 4.79 Å². The van der Waals surface area contributed by atoms with E-state index in [1.165, 1.54) is 5.56 Å². The molecule has 0 radical (unpaired) electrons. The van der Waals surface area contributed by atoms with Crippen LogP contribution in [0.4, 0.5) is 0 Å². The molecule has 0 saturated carbocycles. The van der Waals surface area contributed by atoms with Gasteiger partial charge in [0, 0.05) is 10.7 Å². The number of pyridine rings is 1. The average molecular weight is 319 g/mol. The number of hydrogen-bond acceptors (Lipinski definition) is 2. The third-order valence-electron chi connectivity index (χ3n) is 3.00. The minimum absolute atomic E-state index is 0.355. The van der Waals surface area contributed by atoms with E-state index in [0.717, 1.165) is 10.0 Å². The largest absolute Gasteiger partial charge is 0.369 e. The van der Waals surface area contributed by atoms with Crippen LogP contribution in [0.1, 0.15) is 22.7 Å². The number of halogens is 1. The van der Waals surface area contributed by atoms with E-state index < -0.39 is 5.92 Å². The van der Waals surface area contributed by atoms with Crippen LogP contribution in [0.5, 0.6) is 0 Å². The summed E-state index contributed by atoms with van der Waals surface area (Å²) in [5.41, 5.74) is 8.47. The Bertz CT molecular complexity index is 581. The SMILES string of the molecule is Cc1ccc(CC(C(N)=O)c2cc(Br)ccn2)cc1. The van der Waals surface area contributed by atoms with E-state index in [4.69, 9.17) is 5.73 Å². The summed E-state index contributed by atoms with van der Waals surface area (Å²) in [5, 5.41) is 0. The topological polar surface area (TPSA) is 56.0 Å². The maximum Gasteiger partial charge on any atom is 0.226 e. The maximum atomic E-state index is 11.6. The lowest BCUT2D eigenvalue weighted by Gasteiger charge is -2.13. The maximum absolute atomic E-state index is 11.6. The van der Waals surface area contributed by atoms with Gasteiger partial charge in [0.2, 0.25) is 5.91 Å². The number of aryl methyl sites for hydroxylation is 1. The Morgan fingerprint density at radius 1 is 1.32 bits per heavy atom. The molecule has 1 aromatic heterocycles. The van der Waals surface area contributed by atoms with Crippen LogP contribution in [0.15, 0.2) is 47.1 Å². The number of hydrogen-bond donors (Lipinski definition) is 1. The zero-order valence-corrected chi connectivity index (χ0v) is 12.2. The van der Waals surface area contributed by atoms with E-state index >= 15 is 0 Å². The number of primary amides is 1. The van der Waals surface area contributed by atoms with Gasteiger partial charge in [-0.15, -0.1) is 0 Å². The molecule has 98 valence electrons. The molecule has 1 atom stereocenters. The molecule has 1 aromatic carbocycles. The number of nitrogens with two attached hydrogens (primary N) is 1. The zero-order chi connectivity index (χ0) is 13.8. The Morgan fingerprint density at radius 3 is 2.58 bits per heavy atom. The van der Waals surface area contributed by atoms with Gasteiger partial charge < -0.3 is 5.73 Å². The number of aromatic nitrogens is 1. The molecule has 0 saturated heterocycles. The molecule has 19 heavy (non-hydrogen) atoms. The summed E-state index contributed by atoms with van der Waals surface area (Å²) in [5.74, 6) is -0.758. The minimum Gasteiger partial charge on any atom is -0.369 e. The molecule has 3 nitrogen and oxygen atoms in total. The molecular weight excluding hydrogens is 304 g/mol. The number of rotatable bonds is 4. The van der Waals surface area contributed by atoms with Crippen molar-refractivity contribution in [1.29, 1.82) is 0 Å². The average Bonchev–Trinajstić information content (AvgIpc) is 2.37. The van der Waals surface area contributed by atoms with Gasteiger partial charge in [0.15, 0.2) is 0 Å². The first-order valence-electron chi connectivity index (χ1n) is 6.02. The van der Waals surface area contributed by atoms with Crippen molar-refractivity contribution in [3.8, 4) is 0 Å². The van der Waals surface area contributed by atoms with Crippen molar-refractivity contribution in [3.05, 3.63) is 63.9 Å². The summed E-state index contributed by atoms with van der Waals surface area (Å²) in [4.78, 5) is 15.9. The van der Waals surface area contributed by atoms with Crippen molar-refractivity contribution >= 4 is 21.8 Å². The zero-order valence-electron chi connectivity index (χ0n) is 10.6. The normalized spacial score (nSPS) is 12.1. The van der Waals surface area contributed by atoms with Gasteiger partial charge in [-0.25, -0.2) is 0 Å². The van der Waals surface area contributed by atoms with Crippen molar-refractivity contribution in [2.45, 2.75) is 19.3 Å². The van der Waals surface area contributed by atoms with Crippen molar-refractivity contribution < 1.29 is 4.79 Å². The lowest BCUT2D eigenvalue weighted by atomic mass is 9.94. The summed E-state index contributed by atoms with van der Waals surface area (Å²) in [6.45, 7) is 2.03. The first kappa shape index (κ1) is 13.7. The van der Waals surface area contributed by atoms with Crippen LogP contribution in [-0.2, 0) is 11.2 Å². The first-order chi connectivity index (χ1) is 9.06. The second-order valence-corrected chi connectivity index (χ2v) is 5.46. The predicted molar refractivity (Wildman–Crippen MR) is 78.8 cm³/mol. The fourth-order valence-corrected chi connectivity index (χ4v) is 2.28. The lowest BCUT2D eigenvalue weighted by Crippen LogP contribution is -2.24. The Kier molecular flexibility index (Phi) is 4.32. The highest BCUT2D eigenvalue weighted by Crippen LogP contribution is 2.22. The molecule has 0 aliphatic heterocycles. The van der Waals surface area contributed by atoms with Crippen molar-refractivity contribution in [2.75, 3.05) is 0 Å². The van der Waals surface area contributed by atoms with Crippen LogP contribution in [0.3, 0.4) is 0 Å². The number of nitrogens with zero attached hydrogens (tertiary/aromatic N) is 1. The molecular formula is C15H15BrN2O. The third-order valence-corrected chi connectivity index (χ3v) is 3.50. The summed E-state index contributed by atoms with van der Waals surface area (Å²) in [7, 11) is 0. The smallest absolute Gasteiger partial charge is 0.226 e. The molecule has 2 aromatic rings. The van der Waals surface area contributed by atoms with Gasteiger partial charge >= 0.3 is 0 Å². The van der Waals surface area contributed by atoms with Gasteiger partial charge in [-0.2, -0.15) is 0 Å². The van der Waals surface area contributed by atoms with E-state index in [-0.39, 0.29) is 5.91 Å². The van der Waals surface area contributed by atoms with Crippen molar-refractivity contribution in [2.24, 2.45) is 5.73 Å². The van der Waals surface area contributed by atoms with E-state index in [2.05, 4.69) is 20.9 Å². The summed E-state index contributed by atoms with van der Waals surface area (Å²) >= 11 is 3.38. The second kappa shape index (κ2) is 5.97. The monoisotopic (exact) mass is 318 g/mol. The van der Waals surface area contributed by atoms with Crippen LogP contribution in [-0.4, -0.2) is 10.9 Å². The molecule has 1 amide bonds. The standard InChI is InChI=1S/C15H15BrN2O/c1-10-2-4-11(5-3-10)8-13(15(17)19)14-9-12(16)6-7-18-14/h2-7,9,13H,8H2,1H3,(H2,17,19). The molecule has 1 heterocycles. The fraction of sp³-hybridized carbons (Fsp3) is 0.200. The van der Waals surface area contributed by atoms with Gasteiger partial charge in [-0.3, -0.25) is 9.78 Å². The fourth-order valence-electron chi connectivity index (χ4n) is 1.92. The molecule has 2 N–H and O–H groups in total. The molecule has 0 fully saturated rings. The second-order valence-electron chi connectivity index (χ2n) is 4.54. The minimum atomic E-state index is -0.403. The number of benzene rings is 1. The molecule has 0 spiro atoms. The van der Waals surface area contributed by atoms with Crippen LogP contribution < -0.4 is 5.73 Å². The van der Waals surface area contributed by atoms with Crippen LogP contribution in [0, 0.1) is 6.92 Å². The highest BCUT2D eigenvalue weighted by atomic mass is 79.9. The third kappa shape index (κ3) is 3.64. The summed E-state index contributed by atoms with van der Waals surface area (Å²) < 4.78 is 0.896. The van der Waals surface area contributed by atoms with Gasteiger partial charge in [0.05, 0.1) is 11.6 Å². The number of amides is 1. The van der Waals surface area contributed by atoms with E-state index in [1.807, 2.05) is 43.3 Å². The number of carbonyl (C=O) groups is 1. The molecule has 0 bridgehead atoms. The Balaban J connectivity index is 2.26. The summed E-state index contributed by atoms with van der Waals surface area (Å²) in [6, 6.07) is 11.8. The highest BCUT2D eigenvalue weighted by Gasteiger charge is 2.20.